The third-order valence-electron chi connectivity index (χ3n) is 5.22. The molecule has 33 heavy (non-hydrogen) atoms. The first kappa shape index (κ1) is 26.3. The molecule has 7 nitrogen and oxygen atoms in total. The Bertz CT molecular complexity index is 1090. The number of aryl methyl sites for hydroxylation is 1. The first-order chi connectivity index (χ1) is 15.5. The van der Waals surface area contributed by atoms with Gasteiger partial charge in [-0.25, -0.2) is 12.8 Å². The van der Waals surface area contributed by atoms with E-state index in [2.05, 4.69) is 5.32 Å². The van der Waals surface area contributed by atoms with Gasteiger partial charge in [-0.05, 0) is 50.5 Å². The van der Waals surface area contributed by atoms with Gasteiger partial charge in [0.05, 0.1) is 11.9 Å². The molecule has 180 valence electrons. The van der Waals surface area contributed by atoms with Crippen LogP contribution in [0.15, 0.2) is 48.5 Å². The number of carbonyl (C=O) groups is 2. The number of hydrogen-bond acceptors (Lipinski definition) is 4. The molecular formula is C24H32FN3O4S. The topological polar surface area (TPSA) is 86.8 Å². The molecule has 2 aromatic rings. The van der Waals surface area contributed by atoms with Crippen molar-refractivity contribution in [2.45, 2.75) is 52.7 Å². The highest BCUT2D eigenvalue weighted by Crippen LogP contribution is 2.23. The van der Waals surface area contributed by atoms with Gasteiger partial charge in [-0.15, -0.1) is 0 Å². The van der Waals surface area contributed by atoms with E-state index in [1.54, 1.807) is 6.92 Å². The maximum absolute atomic E-state index is 14.4. The van der Waals surface area contributed by atoms with Crippen molar-refractivity contribution in [3.63, 3.8) is 0 Å². The van der Waals surface area contributed by atoms with E-state index in [4.69, 9.17) is 0 Å². The summed E-state index contributed by atoms with van der Waals surface area (Å²) in [5.74, 6) is -1.69. The molecule has 9 heteroatoms. The van der Waals surface area contributed by atoms with Crippen LogP contribution in [0, 0.1) is 12.7 Å². The van der Waals surface area contributed by atoms with Crippen molar-refractivity contribution in [3.05, 3.63) is 65.5 Å². The average molecular weight is 478 g/mol. The number of rotatable bonds is 10. The van der Waals surface area contributed by atoms with Crippen molar-refractivity contribution >= 4 is 27.5 Å². The molecule has 0 aliphatic carbocycles. The van der Waals surface area contributed by atoms with Crippen molar-refractivity contribution in [2.75, 3.05) is 17.1 Å². The standard InChI is InChI=1S/C24H32FN3O4S/c1-6-21(24(30)26-17(2)3)27(15-19-12-8-7-11-18(19)4)23(29)16-28(33(5,31)32)22-14-10-9-13-20(22)25/h7-14,17,21H,6,15-16H2,1-5H3,(H,26,30)/t21-/m1/s1. The van der Waals surface area contributed by atoms with Crippen molar-refractivity contribution < 1.29 is 22.4 Å². The number of carbonyl (C=O) groups excluding carboxylic acids is 2. The molecule has 0 fully saturated rings. The monoisotopic (exact) mass is 477 g/mol. The molecule has 0 radical (unpaired) electrons. The molecule has 0 saturated heterocycles. The zero-order valence-electron chi connectivity index (χ0n) is 19.7. The molecular weight excluding hydrogens is 445 g/mol. The Morgan fingerprint density at radius 2 is 1.67 bits per heavy atom. The molecule has 1 atom stereocenters. The lowest BCUT2D eigenvalue weighted by Crippen LogP contribution is -2.53. The van der Waals surface area contributed by atoms with E-state index in [9.17, 15) is 22.4 Å². The van der Waals surface area contributed by atoms with E-state index in [1.165, 1.54) is 23.1 Å². The first-order valence-electron chi connectivity index (χ1n) is 10.8. The van der Waals surface area contributed by atoms with E-state index < -0.39 is 34.3 Å². The lowest BCUT2D eigenvalue weighted by atomic mass is 10.1. The Labute approximate surface area is 195 Å². The highest BCUT2D eigenvalue weighted by atomic mass is 32.2. The lowest BCUT2D eigenvalue weighted by molar-refractivity contribution is -0.140. The van der Waals surface area contributed by atoms with Gasteiger partial charge in [-0.3, -0.25) is 13.9 Å². The Morgan fingerprint density at radius 1 is 1.06 bits per heavy atom. The van der Waals surface area contributed by atoms with Crippen LogP contribution in [0.25, 0.3) is 0 Å². The highest BCUT2D eigenvalue weighted by molar-refractivity contribution is 7.92. The van der Waals surface area contributed by atoms with Crippen LogP contribution in [-0.4, -0.2) is 50.0 Å². The van der Waals surface area contributed by atoms with Gasteiger partial charge < -0.3 is 10.2 Å². The molecule has 2 aromatic carbocycles. The van der Waals surface area contributed by atoms with Gasteiger partial charge in [0.25, 0.3) is 0 Å². The number of para-hydroxylation sites is 1. The summed E-state index contributed by atoms with van der Waals surface area (Å²) in [6.07, 6.45) is 1.25. The van der Waals surface area contributed by atoms with Crippen LogP contribution in [-0.2, 0) is 26.2 Å². The quantitative estimate of drug-likeness (QED) is 0.569. The van der Waals surface area contributed by atoms with Gasteiger partial charge in [-0.1, -0.05) is 43.3 Å². The predicted molar refractivity (Wildman–Crippen MR) is 128 cm³/mol. The molecule has 2 amide bonds. The molecule has 0 saturated carbocycles. The molecule has 0 heterocycles. The van der Waals surface area contributed by atoms with Crippen LogP contribution in [0.2, 0.25) is 0 Å². The number of nitrogens with one attached hydrogen (secondary N) is 1. The molecule has 0 aliphatic heterocycles. The first-order valence-corrected chi connectivity index (χ1v) is 12.7. The van der Waals surface area contributed by atoms with E-state index in [-0.39, 0.29) is 24.2 Å². The highest BCUT2D eigenvalue weighted by Gasteiger charge is 2.32. The fourth-order valence-corrected chi connectivity index (χ4v) is 4.37. The summed E-state index contributed by atoms with van der Waals surface area (Å²) in [7, 11) is -3.98. The summed E-state index contributed by atoms with van der Waals surface area (Å²) >= 11 is 0. The molecule has 0 spiro atoms. The number of amides is 2. The third kappa shape index (κ3) is 7.02. The summed E-state index contributed by atoms with van der Waals surface area (Å²) in [4.78, 5) is 27.8. The van der Waals surface area contributed by atoms with Gasteiger partial charge in [0.2, 0.25) is 21.8 Å². The number of benzene rings is 2. The van der Waals surface area contributed by atoms with Gasteiger partial charge in [0.15, 0.2) is 0 Å². The van der Waals surface area contributed by atoms with Crippen molar-refractivity contribution in [1.29, 1.82) is 0 Å². The smallest absolute Gasteiger partial charge is 0.244 e. The summed E-state index contributed by atoms with van der Waals surface area (Å²) in [5, 5.41) is 2.83. The summed E-state index contributed by atoms with van der Waals surface area (Å²) in [5.41, 5.74) is 1.55. The molecule has 1 N–H and O–H groups in total. The largest absolute Gasteiger partial charge is 0.352 e. The Morgan fingerprint density at radius 3 is 2.21 bits per heavy atom. The molecule has 2 rings (SSSR count). The number of nitrogens with zero attached hydrogens (tertiary/aromatic N) is 2. The number of hydrogen-bond donors (Lipinski definition) is 1. The zero-order chi connectivity index (χ0) is 24.8. The van der Waals surface area contributed by atoms with Crippen molar-refractivity contribution in [3.8, 4) is 0 Å². The minimum atomic E-state index is -3.98. The van der Waals surface area contributed by atoms with E-state index >= 15 is 0 Å². The van der Waals surface area contributed by atoms with Gasteiger partial charge in [-0.2, -0.15) is 0 Å². The Balaban J connectivity index is 2.47. The van der Waals surface area contributed by atoms with Crippen LogP contribution in [0.5, 0.6) is 0 Å². The number of sulfonamides is 1. The van der Waals surface area contributed by atoms with Crippen LogP contribution in [0.4, 0.5) is 10.1 Å². The summed E-state index contributed by atoms with van der Waals surface area (Å²) < 4.78 is 40.1. The molecule has 0 aromatic heterocycles. The normalized spacial score (nSPS) is 12.3. The SMILES string of the molecule is CC[C@H](C(=O)NC(C)C)N(Cc1ccccc1C)C(=O)CN(c1ccccc1F)S(C)(=O)=O. The minimum Gasteiger partial charge on any atom is -0.352 e. The summed E-state index contributed by atoms with van der Waals surface area (Å²) in [6, 6.07) is 11.9. The fourth-order valence-electron chi connectivity index (χ4n) is 3.52. The van der Waals surface area contributed by atoms with Crippen LogP contribution in [0.1, 0.15) is 38.3 Å². The summed E-state index contributed by atoms with van der Waals surface area (Å²) in [6.45, 7) is 6.81. The van der Waals surface area contributed by atoms with Gasteiger partial charge >= 0.3 is 0 Å². The minimum absolute atomic E-state index is 0.115. The predicted octanol–water partition coefficient (Wildman–Crippen LogP) is 3.23. The second-order valence-electron chi connectivity index (χ2n) is 8.26. The van der Waals surface area contributed by atoms with Crippen molar-refractivity contribution in [1.82, 2.24) is 10.2 Å². The third-order valence-corrected chi connectivity index (χ3v) is 6.35. The number of anilines is 1. The second-order valence-corrected chi connectivity index (χ2v) is 10.2. The van der Waals surface area contributed by atoms with E-state index in [0.717, 1.165) is 27.8 Å². The second kappa shape index (κ2) is 11.3. The van der Waals surface area contributed by atoms with Crippen LogP contribution >= 0.6 is 0 Å². The van der Waals surface area contributed by atoms with Crippen molar-refractivity contribution in [2.24, 2.45) is 0 Å². The van der Waals surface area contributed by atoms with E-state index in [1.807, 2.05) is 45.0 Å². The van der Waals surface area contributed by atoms with Crippen LogP contribution < -0.4 is 9.62 Å². The number of halogens is 1. The van der Waals surface area contributed by atoms with Crippen LogP contribution in [0.3, 0.4) is 0 Å². The maximum Gasteiger partial charge on any atom is 0.244 e. The lowest BCUT2D eigenvalue weighted by Gasteiger charge is -2.33. The van der Waals surface area contributed by atoms with Gasteiger partial charge in [0, 0.05) is 12.6 Å². The fraction of sp³-hybridized carbons (Fsp3) is 0.417. The Hall–Kier alpha value is -2.94. The maximum atomic E-state index is 14.4. The zero-order valence-corrected chi connectivity index (χ0v) is 20.5. The molecule has 0 aliphatic rings. The van der Waals surface area contributed by atoms with Gasteiger partial charge in [0.1, 0.15) is 18.4 Å². The average Bonchev–Trinajstić information content (AvgIpc) is 2.72. The van der Waals surface area contributed by atoms with E-state index in [0.29, 0.717) is 6.42 Å². The molecule has 0 bridgehead atoms. The Kier molecular flexibility index (Phi) is 8.99. The molecule has 0 unspecified atom stereocenters.